The van der Waals surface area contributed by atoms with Crippen molar-refractivity contribution in [2.75, 3.05) is 0 Å². The summed E-state index contributed by atoms with van der Waals surface area (Å²) < 4.78 is 140. The van der Waals surface area contributed by atoms with E-state index in [-0.39, 0.29) is 0 Å². The molecule has 0 saturated heterocycles. The van der Waals surface area contributed by atoms with Crippen LogP contribution >= 0.6 is 0 Å². The van der Waals surface area contributed by atoms with Crippen molar-refractivity contribution >= 4 is 0 Å². The van der Waals surface area contributed by atoms with E-state index < -0.39 is 41.7 Å². The smallest absolute Gasteiger partial charge is 0.198 e. The van der Waals surface area contributed by atoms with E-state index in [0.29, 0.717) is 0 Å². The van der Waals surface area contributed by atoms with E-state index in [1.165, 1.54) is 0 Å². The summed E-state index contributed by atoms with van der Waals surface area (Å²) in [4.78, 5) is 0. The number of hydrogen-bond donors (Lipinski definition) is 0. The van der Waals surface area contributed by atoms with Crippen molar-refractivity contribution in [2.45, 2.75) is 36.3 Å². The molecule has 113 valence electrons. The Bertz CT molecular complexity index is 351. The zero-order chi connectivity index (χ0) is 15.7. The van der Waals surface area contributed by atoms with Gasteiger partial charge in [-0.15, -0.1) is 0 Å². The van der Waals surface area contributed by atoms with Gasteiger partial charge in [-0.1, -0.05) is 6.92 Å². The van der Waals surface area contributed by atoms with Gasteiger partial charge in [0.25, 0.3) is 0 Å². The highest BCUT2D eigenvalue weighted by Crippen LogP contribution is 2.76. The molecule has 1 aliphatic carbocycles. The van der Waals surface area contributed by atoms with Gasteiger partial charge in [0.05, 0.1) is 0 Å². The molecule has 0 spiro atoms. The molecular formula is C8H4F11. The Hall–Kier alpha value is -0.770. The molecule has 0 aromatic rings. The fourth-order valence-electron chi connectivity index (χ4n) is 1.94. The monoisotopic (exact) mass is 309 g/mol. The maximum atomic E-state index is 13.1. The van der Waals surface area contributed by atoms with Crippen molar-refractivity contribution in [2.24, 2.45) is 5.41 Å². The SMILES string of the molecule is [CH2]CC1(C(F)(F)F)C(F)(F)C(F)(F)C(F)(F)C1(F)F. The van der Waals surface area contributed by atoms with Gasteiger partial charge in [-0.2, -0.15) is 48.3 Å². The molecule has 1 radical (unpaired) electrons. The molecule has 0 N–H and O–H groups in total. The van der Waals surface area contributed by atoms with E-state index >= 15 is 0 Å². The first-order valence-corrected chi connectivity index (χ1v) is 4.43. The second-order valence-electron chi connectivity index (χ2n) is 3.95. The predicted octanol–water partition coefficient (Wildman–Crippen LogP) is 4.31. The van der Waals surface area contributed by atoms with Crippen LogP contribution < -0.4 is 0 Å². The molecule has 1 rings (SSSR count). The van der Waals surface area contributed by atoms with Crippen molar-refractivity contribution in [1.29, 1.82) is 0 Å². The molecule has 0 heterocycles. The van der Waals surface area contributed by atoms with Crippen LogP contribution in [0, 0.1) is 12.3 Å². The first kappa shape index (κ1) is 16.3. The largest absolute Gasteiger partial charge is 0.406 e. The number of rotatable bonds is 1. The molecule has 1 saturated carbocycles. The summed E-state index contributed by atoms with van der Waals surface area (Å²) >= 11 is 0. The van der Waals surface area contributed by atoms with E-state index in [1.807, 2.05) is 0 Å². The first-order valence-electron chi connectivity index (χ1n) is 4.43. The Kier molecular flexibility index (Phi) is 2.96. The van der Waals surface area contributed by atoms with Gasteiger partial charge in [0.2, 0.25) is 5.41 Å². The highest BCUT2D eigenvalue weighted by Gasteiger charge is 3.03. The minimum Gasteiger partial charge on any atom is -0.198 e. The summed E-state index contributed by atoms with van der Waals surface area (Å²) in [5.74, 6) is -27.2. The van der Waals surface area contributed by atoms with Gasteiger partial charge in [0.15, 0.2) is 0 Å². The molecule has 0 aromatic heterocycles. The highest BCUT2D eigenvalue weighted by molar-refractivity contribution is 5.27. The minimum absolute atomic E-state index is 2.08. The van der Waals surface area contributed by atoms with Crippen molar-refractivity contribution < 1.29 is 48.3 Å². The van der Waals surface area contributed by atoms with E-state index in [2.05, 4.69) is 6.92 Å². The Morgan fingerprint density at radius 3 is 1.00 bits per heavy atom. The quantitative estimate of drug-likeness (QED) is 0.633. The van der Waals surface area contributed by atoms with E-state index in [9.17, 15) is 48.3 Å². The Morgan fingerprint density at radius 2 is 0.895 bits per heavy atom. The first-order chi connectivity index (χ1) is 8.06. The number of hydrogen-bond acceptors (Lipinski definition) is 0. The lowest BCUT2D eigenvalue weighted by Gasteiger charge is -2.38. The zero-order valence-electron chi connectivity index (χ0n) is 8.57. The van der Waals surface area contributed by atoms with E-state index in [4.69, 9.17) is 0 Å². The Morgan fingerprint density at radius 1 is 0.632 bits per heavy atom. The molecule has 0 aromatic carbocycles. The third-order valence-electron chi connectivity index (χ3n) is 3.11. The molecule has 0 unspecified atom stereocenters. The number of halogens is 11. The van der Waals surface area contributed by atoms with Crippen molar-refractivity contribution in [3.05, 3.63) is 6.92 Å². The summed E-state index contributed by atoms with van der Waals surface area (Å²) in [6.07, 6.45) is -9.30. The lowest BCUT2D eigenvalue weighted by Crippen LogP contribution is -2.60. The van der Waals surface area contributed by atoms with Crippen molar-refractivity contribution in [1.82, 2.24) is 0 Å². The maximum Gasteiger partial charge on any atom is 0.406 e. The molecule has 0 bridgehead atoms. The Labute approximate surface area is 98.1 Å². The van der Waals surface area contributed by atoms with Crippen LogP contribution in [0.15, 0.2) is 0 Å². The van der Waals surface area contributed by atoms with E-state index in [1.54, 1.807) is 0 Å². The molecule has 1 fully saturated rings. The fraction of sp³-hybridized carbons (Fsp3) is 0.875. The molecule has 1 aliphatic rings. The predicted molar refractivity (Wildman–Crippen MR) is 38.3 cm³/mol. The Balaban J connectivity index is 3.83. The normalized spacial score (nSPS) is 30.3. The zero-order valence-corrected chi connectivity index (χ0v) is 8.57. The minimum atomic E-state index is -6.86. The van der Waals surface area contributed by atoms with Crippen LogP contribution in [0.3, 0.4) is 0 Å². The van der Waals surface area contributed by atoms with Gasteiger partial charge in [0.1, 0.15) is 0 Å². The van der Waals surface area contributed by atoms with Gasteiger partial charge in [-0.25, -0.2) is 0 Å². The average Bonchev–Trinajstić information content (AvgIpc) is 2.19. The molecule has 0 atom stereocenters. The summed E-state index contributed by atoms with van der Waals surface area (Å²) in [5.41, 5.74) is -5.94. The van der Waals surface area contributed by atoms with Gasteiger partial charge in [-0.05, 0) is 6.42 Å². The molecule has 0 aliphatic heterocycles. The standard InChI is InChI=1S/C8H4F11/c1-2-3(8(17,18)19)4(9,10)6(13,14)7(15,16)5(3,11)12/h1-2H2. The summed E-state index contributed by atoms with van der Waals surface area (Å²) in [7, 11) is 0. The third-order valence-corrected chi connectivity index (χ3v) is 3.11. The van der Waals surface area contributed by atoms with Crippen LogP contribution in [-0.4, -0.2) is 29.9 Å². The number of alkyl halides is 11. The highest BCUT2D eigenvalue weighted by atomic mass is 19.4. The van der Waals surface area contributed by atoms with E-state index in [0.717, 1.165) is 0 Å². The summed E-state index contributed by atoms with van der Waals surface area (Å²) in [6.45, 7) is 2.08. The maximum absolute atomic E-state index is 13.1. The third kappa shape index (κ3) is 1.26. The van der Waals surface area contributed by atoms with Gasteiger partial charge < -0.3 is 0 Å². The summed E-state index contributed by atoms with van der Waals surface area (Å²) in [5, 5.41) is 0. The van der Waals surface area contributed by atoms with Crippen LogP contribution in [-0.2, 0) is 0 Å². The molecule has 0 nitrogen and oxygen atoms in total. The topological polar surface area (TPSA) is 0 Å². The van der Waals surface area contributed by atoms with Gasteiger partial charge >= 0.3 is 29.9 Å². The second kappa shape index (κ2) is 3.46. The second-order valence-corrected chi connectivity index (χ2v) is 3.95. The lowest BCUT2D eigenvalue weighted by molar-refractivity contribution is -0.361. The van der Waals surface area contributed by atoms with Crippen LogP contribution in [0.5, 0.6) is 0 Å². The molecule has 11 heteroatoms. The van der Waals surface area contributed by atoms with Crippen LogP contribution in [0.4, 0.5) is 48.3 Å². The molecule has 0 amide bonds. The van der Waals surface area contributed by atoms with Crippen LogP contribution in [0.1, 0.15) is 6.42 Å². The van der Waals surface area contributed by atoms with Gasteiger partial charge in [0, 0.05) is 0 Å². The lowest BCUT2D eigenvalue weighted by atomic mass is 9.76. The average molecular weight is 309 g/mol. The molecular weight excluding hydrogens is 305 g/mol. The van der Waals surface area contributed by atoms with Crippen molar-refractivity contribution in [3.63, 3.8) is 0 Å². The van der Waals surface area contributed by atoms with Crippen LogP contribution in [0.25, 0.3) is 0 Å². The van der Waals surface area contributed by atoms with Gasteiger partial charge in [-0.3, -0.25) is 0 Å². The summed E-state index contributed by atoms with van der Waals surface area (Å²) in [6, 6.07) is 0. The van der Waals surface area contributed by atoms with Crippen LogP contribution in [0.2, 0.25) is 0 Å². The fourth-order valence-corrected chi connectivity index (χ4v) is 1.94. The molecule has 19 heavy (non-hydrogen) atoms. The van der Waals surface area contributed by atoms with Crippen molar-refractivity contribution in [3.8, 4) is 0 Å².